The van der Waals surface area contributed by atoms with Gasteiger partial charge in [0.25, 0.3) is 0 Å². The van der Waals surface area contributed by atoms with Gasteiger partial charge in [0.2, 0.25) is 0 Å². The Morgan fingerprint density at radius 2 is 1.17 bits per heavy atom. The Balaban J connectivity index is 1.73. The molecule has 35 heavy (non-hydrogen) atoms. The molecule has 0 aromatic heterocycles. The molecule has 1 aliphatic carbocycles. The molecule has 0 radical (unpaired) electrons. The van der Waals surface area contributed by atoms with Gasteiger partial charge in [-0.1, -0.05) is 98.8 Å². The molecule has 1 atom stereocenters. The minimum absolute atomic E-state index is 0.0557. The second-order valence-corrected chi connectivity index (χ2v) is 9.76. The standard InChI is InChI=1S/C33H26N2/c1-33(2)20-30(25-8-4-3-5-9-25)28-10-6-7-11-29(28)32(33)31(26-16-12-23(21-34)13-17-26)27-18-14-24(22-35)15-19-27/h3-20,31-32H,1-2H3. The third-order valence-electron chi connectivity index (χ3n) is 7.12. The predicted molar refractivity (Wildman–Crippen MR) is 141 cm³/mol. The summed E-state index contributed by atoms with van der Waals surface area (Å²) in [4.78, 5) is 0. The van der Waals surface area contributed by atoms with E-state index in [0.29, 0.717) is 11.1 Å². The van der Waals surface area contributed by atoms with Crippen LogP contribution in [0.15, 0.2) is 109 Å². The van der Waals surface area contributed by atoms with E-state index < -0.39 is 0 Å². The first-order valence-electron chi connectivity index (χ1n) is 11.9. The average molecular weight is 451 g/mol. The first-order valence-corrected chi connectivity index (χ1v) is 11.9. The zero-order valence-electron chi connectivity index (χ0n) is 19.9. The lowest BCUT2D eigenvalue weighted by Crippen LogP contribution is -2.31. The van der Waals surface area contributed by atoms with Crippen LogP contribution in [-0.2, 0) is 0 Å². The van der Waals surface area contributed by atoms with Crippen LogP contribution < -0.4 is 0 Å². The number of allylic oxidation sites excluding steroid dienone is 1. The quantitative estimate of drug-likeness (QED) is 0.318. The zero-order valence-corrected chi connectivity index (χ0v) is 19.9. The summed E-state index contributed by atoms with van der Waals surface area (Å²) in [6, 6.07) is 39.7. The third kappa shape index (κ3) is 4.16. The lowest BCUT2D eigenvalue weighted by Gasteiger charge is -2.43. The Morgan fingerprint density at radius 1 is 0.657 bits per heavy atom. The van der Waals surface area contributed by atoms with Gasteiger partial charge < -0.3 is 0 Å². The molecular weight excluding hydrogens is 424 g/mol. The first-order chi connectivity index (χ1) is 17.0. The summed E-state index contributed by atoms with van der Waals surface area (Å²) in [6.45, 7) is 4.63. The van der Waals surface area contributed by atoms with Gasteiger partial charge in [-0.3, -0.25) is 0 Å². The summed E-state index contributed by atoms with van der Waals surface area (Å²) >= 11 is 0. The van der Waals surface area contributed by atoms with Gasteiger partial charge in [-0.2, -0.15) is 10.5 Å². The fraction of sp³-hybridized carbons (Fsp3) is 0.152. The van der Waals surface area contributed by atoms with Crippen molar-refractivity contribution in [3.8, 4) is 12.1 Å². The van der Waals surface area contributed by atoms with Gasteiger partial charge in [0, 0.05) is 11.8 Å². The second kappa shape index (κ2) is 9.09. The highest BCUT2D eigenvalue weighted by Crippen LogP contribution is 2.55. The largest absolute Gasteiger partial charge is 0.192 e. The normalized spacial score (nSPS) is 16.0. The molecule has 1 aliphatic rings. The van der Waals surface area contributed by atoms with Gasteiger partial charge in [-0.25, -0.2) is 0 Å². The van der Waals surface area contributed by atoms with E-state index in [-0.39, 0.29) is 17.3 Å². The maximum atomic E-state index is 9.35. The van der Waals surface area contributed by atoms with Crippen LogP contribution in [-0.4, -0.2) is 0 Å². The molecule has 0 heterocycles. The van der Waals surface area contributed by atoms with Crippen molar-refractivity contribution in [2.45, 2.75) is 25.7 Å². The fourth-order valence-corrected chi connectivity index (χ4v) is 5.53. The number of rotatable bonds is 4. The van der Waals surface area contributed by atoms with Crippen molar-refractivity contribution in [2.24, 2.45) is 5.41 Å². The van der Waals surface area contributed by atoms with Crippen molar-refractivity contribution in [2.75, 3.05) is 0 Å². The molecule has 168 valence electrons. The van der Waals surface area contributed by atoms with E-state index in [4.69, 9.17) is 0 Å². The molecule has 0 saturated heterocycles. The van der Waals surface area contributed by atoms with Gasteiger partial charge >= 0.3 is 0 Å². The van der Waals surface area contributed by atoms with Crippen LogP contribution in [0.2, 0.25) is 0 Å². The molecule has 0 fully saturated rings. The fourth-order valence-electron chi connectivity index (χ4n) is 5.53. The maximum absolute atomic E-state index is 9.35. The summed E-state index contributed by atoms with van der Waals surface area (Å²) < 4.78 is 0. The Labute approximate surface area is 207 Å². The molecule has 4 aromatic rings. The Bertz CT molecular complexity index is 1400. The number of fused-ring (bicyclic) bond motifs is 1. The van der Waals surface area contributed by atoms with Gasteiger partial charge in [-0.05, 0) is 63.1 Å². The van der Waals surface area contributed by atoms with Crippen LogP contribution in [0.5, 0.6) is 0 Å². The Hall–Kier alpha value is -4.40. The molecule has 0 saturated carbocycles. The molecule has 1 unspecified atom stereocenters. The van der Waals surface area contributed by atoms with E-state index in [9.17, 15) is 10.5 Å². The second-order valence-electron chi connectivity index (χ2n) is 9.76. The van der Waals surface area contributed by atoms with E-state index in [0.717, 1.165) is 11.1 Å². The molecule has 4 aromatic carbocycles. The molecular formula is C33H26N2. The maximum Gasteiger partial charge on any atom is 0.0991 e. The highest BCUT2D eigenvalue weighted by atomic mass is 14.4. The van der Waals surface area contributed by atoms with E-state index >= 15 is 0 Å². The van der Waals surface area contributed by atoms with E-state index in [1.54, 1.807) is 0 Å². The van der Waals surface area contributed by atoms with Crippen LogP contribution >= 0.6 is 0 Å². The SMILES string of the molecule is CC1(C)C=C(c2ccccc2)c2ccccc2C1C(c1ccc(C#N)cc1)c1ccc(C#N)cc1. The van der Waals surface area contributed by atoms with E-state index in [1.807, 2.05) is 24.3 Å². The van der Waals surface area contributed by atoms with Gasteiger partial charge in [0.05, 0.1) is 23.3 Å². The third-order valence-corrected chi connectivity index (χ3v) is 7.12. The molecule has 0 spiro atoms. The summed E-state index contributed by atoms with van der Waals surface area (Å²) in [6.07, 6.45) is 2.43. The molecule has 0 bridgehead atoms. The van der Waals surface area contributed by atoms with Crippen molar-refractivity contribution in [1.82, 2.24) is 0 Å². The molecule has 2 nitrogen and oxygen atoms in total. The van der Waals surface area contributed by atoms with Crippen molar-refractivity contribution in [3.63, 3.8) is 0 Å². The van der Waals surface area contributed by atoms with Gasteiger partial charge in [-0.15, -0.1) is 0 Å². The van der Waals surface area contributed by atoms with Gasteiger partial charge in [0.15, 0.2) is 0 Å². The lowest BCUT2D eigenvalue weighted by atomic mass is 9.60. The highest BCUT2D eigenvalue weighted by Gasteiger charge is 2.41. The summed E-state index contributed by atoms with van der Waals surface area (Å²) in [5.41, 5.74) is 8.54. The van der Waals surface area contributed by atoms with Crippen molar-refractivity contribution in [1.29, 1.82) is 10.5 Å². The molecule has 0 amide bonds. The van der Waals surface area contributed by atoms with Crippen LogP contribution in [0.3, 0.4) is 0 Å². The molecule has 2 heteroatoms. The number of hydrogen-bond donors (Lipinski definition) is 0. The van der Waals surface area contributed by atoms with E-state index in [2.05, 4.69) is 111 Å². The molecule has 0 N–H and O–H groups in total. The predicted octanol–water partition coefficient (Wildman–Crippen LogP) is 7.82. The molecule has 0 aliphatic heterocycles. The lowest BCUT2D eigenvalue weighted by molar-refractivity contribution is 0.338. The van der Waals surface area contributed by atoms with Crippen LogP contribution in [0.1, 0.15) is 64.6 Å². The zero-order chi connectivity index (χ0) is 24.4. The monoisotopic (exact) mass is 450 g/mol. The summed E-state index contributed by atoms with van der Waals surface area (Å²) in [7, 11) is 0. The number of nitriles is 2. The minimum atomic E-state index is -0.161. The first kappa shape index (κ1) is 22.4. The van der Waals surface area contributed by atoms with Crippen molar-refractivity contribution < 1.29 is 0 Å². The van der Waals surface area contributed by atoms with E-state index in [1.165, 1.54) is 22.3 Å². The van der Waals surface area contributed by atoms with Crippen molar-refractivity contribution in [3.05, 3.63) is 148 Å². The van der Waals surface area contributed by atoms with Crippen LogP contribution in [0, 0.1) is 28.1 Å². The van der Waals surface area contributed by atoms with Crippen LogP contribution in [0.25, 0.3) is 5.57 Å². The average Bonchev–Trinajstić information content (AvgIpc) is 2.91. The topological polar surface area (TPSA) is 47.6 Å². The number of nitrogens with zero attached hydrogens (tertiary/aromatic N) is 2. The van der Waals surface area contributed by atoms with Gasteiger partial charge in [0.1, 0.15) is 0 Å². The van der Waals surface area contributed by atoms with Crippen LogP contribution in [0.4, 0.5) is 0 Å². The smallest absolute Gasteiger partial charge is 0.0991 e. The number of benzene rings is 4. The highest BCUT2D eigenvalue weighted by molar-refractivity contribution is 5.84. The Kier molecular flexibility index (Phi) is 5.82. The summed E-state index contributed by atoms with van der Waals surface area (Å²) in [5.74, 6) is 0.215. The number of hydrogen-bond acceptors (Lipinski definition) is 2. The Morgan fingerprint density at radius 3 is 1.71 bits per heavy atom. The van der Waals surface area contributed by atoms with Crippen molar-refractivity contribution >= 4 is 5.57 Å². The molecule has 5 rings (SSSR count). The minimum Gasteiger partial charge on any atom is -0.192 e. The summed E-state index contributed by atoms with van der Waals surface area (Å²) in [5, 5.41) is 18.7.